The van der Waals surface area contributed by atoms with Crippen LogP contribution in [0.5, 0.6) is 0 Å². The summed E-state index contributed by atoms with van der Waals surface area (Å²) < 4.78 is 24.8. The summed E-state index contributed by atoms with van der Waals surface area (Å²) in [6.45, 7) is 3.89. The van der Waals surface area contributed by atoms with Gasteiger partial charge in [-0.05, 0) is 25.3 Å². The van der Waals surface area contributed by atoms with Crippen LogP contribution in [0, 0.1) is 0 Å². The van der Waals surface area contributed by atoms with Gasteiger partial charge >= 0.3 is 0 Å². The molecule has 0 aliphatic carbocycles. The van der Waals surface area contributed by atoms with Crippen LogP contribution in [-0.4, -0.2) is 26.6 Å². The number of aliphatic imine (C=N–C) groups is 1. The smallest absolute Gasteiger partial charge is 0.229 e. The first-order valence-electron chi connectivity index (χ1n) is 6.15. The van der Waals surface area contributed by atoms with Gasteiger partial charge in [-0.15, -0.1) is 0 Å². The molecule has 0 heterocycles. The van der Waals surface area contributed by atoms with E-state index in [1.54, 1.807) is 24.3 Å². The predicted octanol–water partition coefficient (Wildman–Crippen LogP) is 1.35. The Hall–Kier alpha value is -1.56. The molecule has 0 unspecified atom stereocenters. The van der Waals surface area contributed by atoms with Crippen molar-refractivity contribution in [3.8, 4) is 0 Å². The van der Waals surface area contributed by atoms with Crippen molar-refractivity contribution in [2.75, 3.05) is 11.0 Å². The highest BCUT2D eigenvalue weighted by Crippen LogP contribution is 2.16. The predicted molar refractivity (Wildman–Crippen MR) is 75.8 cm³/mol. The van der Waals surface area contributed by atoms with Crippen molar-refractivity contribution in [1.29, 1.82) is 0 Å². The number of benzene rings is 1. The molecule has 6 heteroatoms. The highest BCUT2D eigenvalue weighted by molar-refractivity contribution is 7.92. The number of sulfonamides is 1. The quantitative estimate of drug-likeness (QED) is 0.632. The van der Waals surface area contributed by atoms with Crippen LogP contribution < -0.4 is 9.83 Å². The first kappa shape index (κ1) is 15.5. The minimum absolute atomic E-state index is 0.0659. The second-order valence-corrected chi connectivity index (χ2v) is 6.24. The van der Waals surface area contributed by atoms with E-state index in [-0.39, 0.29) is 17.3 Å². The lowest BCUT2D eigenvalue weighted by atomic mass is 10.1. The van der Waals surface area contributed by atoms with Crippen molar-refractivity contribution in [1.82, 2.24) is 0 Å². The Balaban J connectivity index is 3.06. The maximum Gasteiger partial charge on any atom is 0.229 e. The fourth-order valence-corrected chi connectivity index (χ4v) is 2.29. The standard InChI is InChI=1S/C13H20N2O3S/c1-4-7-10(2)14-13(16)11-8-5-6-9-12(11)15-19(3,17)18/h5-6,8-10,15H,4,7H2,1-3H3,(H,14,16)/p-1/t10-/m0/s1. The van der Waals surface area contributed by atoms with E-state index in [1.807, 2.05) is 13.8 Å². The summed E-state index contributed by atoms with van der Waals surface area (Å²) in [6, 6.07) is 6.40. The maximum atomic E-state index is 12.0. The molecule has 0 saturated carbocycles. The van der Waals surface area contributed by atoms with E-state index in [0.717, 1.165) is 19.1 Å². The van der Waals surface area contributed by atoms with Gasteiger partial charge in [0, 0.05) is 11.6 Å². The lowest BCUT2D eigenvalue weighted by Gasteiger charge is -2.18. The second-order valence-electron chi connectivity index (χ2n) is 4.49. The van der Waals surface area contributed by atoms with Crippen molar-refractivity contribution >= 4 is 21.6 Å². The molecule has 0 radical (unpaired) electrons. The number of nitrogens with one attached hydrogen (secondary N) is 1. The minimum atomic E-state index is -3.42. The van der Waals surface area contributed by atoms with Crippen LogP contribution in [0.4, 0.5) is 5.69 Å². The monoisotopic (exact) mass is 283 g/mol. The number of anilines is 1. The van der Waals surface area contributed by atoms with Crippen molar-refractivity contribution in [3.63, 3.8) is 0 Å². The van der Waals surface area contributed by atoms with Crippen LogP contribution in [0.15, 0.2) is 29.3 Å². The van der Waals surface area contributed by atoms with Gasteiger partial charge in [0.25, 0.3) is 0 Å². The number of rotatable bonds is 6. The summed E-state index contributed by atoms with van der Waals surface area (Å²) in [5.41, 5.74) is 0.540. The lowest BCUT2D eigenvalue weighted by Crippen LogP contribution is -2.23. The Labute approximate surface area is 114 Å². The van der Waals surface area contributed by atoms with Gasteiger partial charge in [-0.1, -0.05) is 31.5 Å². The Bertz CT molecular complexity index is 553. The normalized spacial score (nSPS) is 14.2. The molecular formula is C13H19N2O3S-. The molecular weight excluding hydrogens is 264 g/mol. The highest BCUT2D eigenvalue weighted by atomic mass is 32.2. The van der Waals surface area contributed by atoms with Crippen LogP contribution in [0.1, 0.15) is 32.3 Å². The molecule has 5 nitrogen and oxygen atoms in total. The van der Waals surface area contributed by atoms with E-state index in [2.05, 4.69) is 9.71 Å². The SMILES string of the molecule is CCC[C@H](C)N=C([O-])c1ccccc1NS(C)(=O)=O. The van der Waals surface area contributed by atoms with Gasteiger partial charge < -0.3 is 5.11 Å². The third kappa shape index (κ3) is 5.30. The molecule has 0 aliphatic heterocycles. The van der Waals surface area contributed by atoms with Crippen molar-refractivity contribution in [3.05, 3.63) is 29.8 Å². The zero-order valence-corrected chi connectivity index (χ0v) is 12.2. The molecule has 0 fully saturated rings. The molecule has 1 rings (SSSR count). The number of nitrogens with zero attached hydrogens (tertiary/aromatic N) is 1. The van der Waals surface area contributed by atoms with E-state index in [9.17, 15) is 13.5 Å². The fourth-order valence-electron chi connectivity index (χ4n) is 1.71. The first-order valence-corrected chi connectivity index (χ1v) is 8.04. The average Bonchev–Trinajstić information content (AvgIpc) is 2.27. The van der Waals surface area contributed by atoms with E-state index < -0.39 is 15.9 Å². The van der Waals surface area contributed by atoms with Crippen molar-refractivity contribution in [2.45, 2.75) is 32.7 Å². The second kappa shape index (κ2) is 6.56. The average molecular weight is 283 g/mol. The van der Waals surface area contributed by atoms with E-state index in [1.165, 1.54) is 0 Å². The maximum absolute atomic E-state index is 12.0. The molecule has 19 heavy (non-hydrogen) atoms. The number of hydrogen-bond acceptors (Lipinski definition) is 4. The summed E-state index contributed by atoms with van der Waals surface area (Å²) in [5, 5.41) is 12.0. The van der Waals surface area contributed by atoms with Crippen LogP contribution in [-0.2, 0) is 10.0 Å². The van der Waals surface area contributed by atoms with Gasteiger partial charge in [0.1, 0.15) is 0 Å². The van der Waals surface area contributed by atoms with E-state index in [0.29, 0.717) is 0 Å². The van der Waals surface area contributed by atoms with Crippen LogP contribution in [0.3, 0.4) is 0 Å². The Morgan fingerprint density at radius 1 is 1.42 bits per heavy atom. The largest absolute Gasteiger partial charge is 0.858 e. The summed E-state index contributed by atoms with van der Waals surface area (Å²) in [4.78, 5) is 4.05. The van der Waals surface area contributed by atoms with Gasteiger partial charge in [-0.25, -0.2) is 8.42 Å². The zero-order chi connectivity index (χ0) is 14.5. The summed E-state index contributed by atoms with van der Waals surface area (Å²) in [7, 11) is -3.42. The molecule has 106 valence electrons. The molecule has 0 aliphatic rings. The molecule has 0 amide bonds. The number of para-hydroxylation sites is 1. The summed E-state index contributed by atoms with van der Waals surface area (Å²) >= 11 is 0. The Kier molecular flexibility index (Phi) is 5.35. The molecule has 0 aromatic heterocycles. The van der Waals surface area contributed by atoms with E-state index >= 15 is 0 Å². The first-order chi connectivity index (χ1) is 8.83. The fraction of sp³-hybridized carbons (Fsp3) is 0.462. The Morgan fingerprint density at radius 3 is 2.63 bits per heavy atom. The zero-order valence-electron chi connectivity index (χ0n) is 11.4. The number of hydrogen-bond donors (Lipinski definition) is 1. The van der Waals surface area contributed by atoms with Gasteiger partial charge in [0.15, 0.2) is 0 Å². The minimum Gasteiger partial charge on any atom is -0.858 e. The van der Waals surface area contributed by atoms with Gasteiger partial charge in [-0.3, -0.25) is 9.71 Å². The van der Waals surface area contributed by atoms with E-state index in [4.69, 9.17) is 0 Å². The molecule has 1 aromatic carbocycles. The highest BCUT2D eigenvalue weighted by Gasteiger charge is 2.07. The van der Waals surface area contributed by atoms with Crippen molar-refractivity contribution in [2.24, 2.45) is 4.99 Å². The molecule has 1 aromatic rings. The lowest BCUT2D eigenvalue weighted by molar-refractivity contribution is -0.213. The topological polar surface area (TPSA) is 81.6 Å². The molecule has 0 bridgehead atoms. The summed E-state index contributed by atoms with van der Waals surface area (Å²) in [6.07, 6.45) is 2.82. The molecule has 1 atom stereocenters. The van der Waals surface area contributed by atoms with Crippen LogP contribution in [0.2, 0.25) is 0 Å². The van der Waals surface area contributed by atoms with Crippen molar-refractivity contribution < 1.29 is 13.5 Å². The van der Waals surface area contributed by atoms with Gasteiger partial charge in [-0.2, -0.15) is 0 Å². The van der Waals surface area contributed by atoms with Gasteiger partial charge in [0.05, 0.1) is 11.9 Å². The third-order valence-corrected chi connectivity index (χ3v) is 3.09. The van der Waals surface area contributed by atoms with Crippen LogP contribution >= 0.6 is 0 Å². The van der Waals surface area contributed by atoms with Crippen LogP contribution in [0.25, 0.3) is 0 Å². The molecule has 0 saturated heterocycles. The third-order valence-electron chi connectivity index (χ3n) is 2.50. The Morgan fingerprint density at radius 2 is 2.05 bits per heavy atom. The molecule has 1 N–H and O–H groups in total. The van der Waals surface area contributed by atoms with Gasteiger partial charge in [0.2, 0.25) is 10.0 Å². The molecule has 0 spiro atoms. The summed E-state index contributed by atoms with van der Waals surface area (Å²) in [5.74, 6) is -0.396.